The van der Waals surface area contributed by atoms with Crippen molar-refractivity contribution in [2.45, 2.75) is 19.8 Å². The molecule has 138 valence electrons. The van der Waals surface area contributed by atoms with Crippen LogP contribution >= 0.6 is 23.2 Å². The molecule has 0 amide bonds. The summed E-state index contributed by atoms with van der Waals surface area (Å²) in [4.78, 5) is 12.7. The Morgan fingerprint density at radius 1 is 1.11 bits per heavy atom. The lowest BCUT2D eigenvalue weighted by molar-refractivity contribution is 0.0953. The number of carbonyl (C=O) groups excluding carboxylic acids is 1. The lowest BCUT2D eigenvalue weighted by atomic mass is 9.87. The second-order valence-corrected chi connectivity index (χ2v) is 7.56. The van der Waals surface area contributed by atoms with Gasteiger partial charge in [-0.2, -0.15) is 0 Å². The van der Waals surface area contributed by atoms with Crippen molar-refractivity contribution in [3.63, 3.8) is 0 Å². The minimum atomic E-state index is -0.321. The van der Waals surface area contributed by atoms with Crippen LogP contribution in [0.25, 0.3) is 5.69 Å². The van der Waals surface area contributed by atoms with Gasteiger partial charge in [-0.15, -0.1) is 5.10 Å². The number of fused-ring (bicyclic) bond motifs is 1. The summed E-state index contributed by atoms with van der Waals surface area (Å²) >= 11 is 12.1. The van der Waals surface area contributed by atoms with E-state index in [1.165, 1.54) is 12.1 Å². The highest BCUT2D eigenvalue weighted by Crippen LogP contribution is 2.34. The van der Waals surface area contributed by atoms with Crippen molar-refractivity contribution in [1.82, 2.24) is 9.78 Å². The van der Waals surface area contributed by atoms with Crippen molar-refractivity contribution in [2.24, 2.45) is 5.92 Å². The maximum atomic E-state index is 13.3. The van der Waals surface area contributed by atoms with E-state index in [9.17, 15) is 9.18 Å². The molecule has 0 saturated carbocycles. The van der Waals surface area contributed by atoms with E-state index in [0.717, 1.165) is 5.69 Å². The van der Waals surface area contributed by atoms with E-state index in [2.05, 4.69) is 10.4 Å². The van der Waals surface area contributed by atoms with Crippen LogP contribution in [-0.4, -0.2) is 15.6 Å². The van der Waals surface area contributed by atoms with Crippen LogP contribution in [0.2, 0.25) is 10.0 Å². The molecule has 1 N–H and O–H groups in total. The van der Waals surface area contributed by atoms with Gasteiger partial charge >= 0.3 is 0 Å². The normalized spacial score (nSPS) is 16.3. The van der Waals surface area contributed by atoms with Gasteiger partial charge in [-0.3, -0.25) is 4.79 Å². The first kappa shape index (κ1) is 18.0. The smallest absolute Gasteiger partial charge is 0.168 e. The van der Waals surface area contributed by atoms with E-state index in [1.54, 1.807) is 35.0 Å². The fourth-order valence-electron chi connectivity index (χ4n) is 3.35. The summed E-state index contributed by atoms with van der Waals surface area (Å²) < 4.78 is 15.0. The standard InChI is InChI=1S/C20H16Cl2FN3O/c1-11-8-17-19(18(27)9-11)20(24-13-4-7-15(21)16(22)10-13)25-26(17)14-5-2-12(23)3-6-14/h2-7,10-11H,8-9H2,1H3,(H,24,25)/t11-/m1/s1. The first-order valence-electron chi connectivity index (χ1n) is 8.55. The second-order valence-electron chi connectivity index (χ2n) is 6.75. The van der Waals surface area contributed by atoms with E-state index >= 15 is 0 Å². The third kappa shape index (κ3) is 3.45. The predicted octanol–water partition coefficient (Wildman–Crippen LogP) is 5.83. The molecule has 0 radical (unpaired) electrons. The van der Waals surface area contributed by atoms with E-state index < -0.39 is 0 Å². The number of aromatic nitrogens is 2. The van der Waals surface area contributed by atoms with Crippen molar-refractivity contribution in [1.29, 1.82) is 0 Å². The van der Waals surface area contributed by atoms with Crippen LogP contribution in [0.15, 0.2) is 42.5 Å². The summed E-state index contributed by atoms with van der Waals surface area (Å²) in [6.45, 7) is 2.04. The molecule has 0 aliphatic heterocycles. The first-order valence-corrected chi connectivity index (χ1v) is 9.31. The van der Waals surface area contributed by atoms with E-state index in [-0.39, 0.29) is 17.5 Å². The number of hydrogen-bond donors (Lipinski definition) is 1. The Morgan fingerprint density at radius 3 is 2.56 bits per heavy atom. The molecule has 4 rings (SSSR count). The Balaban J connectivity index is 1.82. The van der Waals surface area contributed by atoms with Crippen LogP contribution in [0.5, 0.6) is 0 Å². The number of ketones is 1. The molecule has 3 aromatic rings. The minimum Gasteiger partial charge on any atom is -0.338 e. The topological polar surface area (TPSA) is 46.9 Å². The van der Waals surface area contributed by atoms with Crippen molar-refractivity contribution >= 4 is 40.5 Å². The number of Topliss-reactive ketones (excluding diaryl/α,β-unsaturated/α-hetero) is 1. The fraction of sp³-hybridized carbons (Fsp3) is 0.200. The molecule has 1 aliphatic carbocycles. The van der Waals surface area contributed by atoms with Gasteiger partial charge in [0.25, 0.3) is 0 Å². The second kappa shape index (κ2) is 6.98. The van der Waals surface area contributed by atoms with Gasteiger partial charge < -0.3 is 5.32 Å². The van der Waals surface area contributed by atoms with Crippen LogP contribution in [0.1, 0.15) is 29.4 Å². The summed E-state index contributed by atoms with van der Waals surface area (Å²) in [5, 5.41) is 8.65. The summed E-state index contributed by atoms with van der Waals surface area (Å²) in [7, 11) is 0. The molecule has 27 heavy (non-hydrogen) atoms. The fourth-order valence-corrected chi connectivity index (χ4v) is 3.65. The SMILES string of the molecule is C[C@H]1CC(=O)c2c(Nc3ccc(Cl)c(Cl)c3)nn(-c3ccc(F)cc3)c2C1. The van der Waals surface area contributed by atoms with E-state index in [4.69, 9.17) is 23.2 Å². The highest BCUT2D eigenvalue weighted by Gasteiger charge is 2.31. The third-order valence-electron chi connectivity index (χ3n) is 4.59. The Morgan fingerprint density at radius 2 is 1.85 bits per heavy atom. The molecular weight excluding hydrogens is 388 g/mol. The van der Waals surface area contributed by atoms with Crippen molar-refractivity contribution in [2.75, 3.05) is 5.32 Å². The van der Waals surface area contributed by atoms with Gasteiger partial charge in [0.2, 0.25) is 0 Å². The van der Waals surface area contributed by atoms with Gasteiger partial charge in [-0.05, 0) is 54.8 Å². The predicted molar refractivity (Wildman–Crippen MR) is 105 cm³/mol. The number of nitrogens with one attached hydrogen (secondary N) is 1. The number of benzene rings is 2. The van der Waals surface area contributed by atoms with Gasteiger partial charge in [0.05, 0.1) is 27.0 Å². The lowest BCUT2D eigenvalue weighted by Crippen LogP contribution is -2.19. The van der Waals surface area contributed by atoms with Crippen LogP contribution < -0.4 is 5.32 Å². The molecule has 1 atom stereocenters. The number of carbonyl (C=O) groups is 1. The van der Waals surface area contributed by atoms with Crippen LogP contribution in [0, 0.1) is 11.7 Å². The van der Waals surface area contributed by atoms with Crippen molar-refractivity contribution < 1.29 is 9.18 Å². The van der Waals surface area contributed by atoms with Gasteiger partial charge in [0.1, 0.15) is 5.82 Å². The average Bonchev–Trinajstić information content (AvgIpc) is 2.97. The maximum Gasteiger partial charge on any atom is 0.168 e. The number of rotatable bonds is 3. The maximum absolute atomic E-state index is 13.3. The van der Waals surface area contributed by atoms with Crippen molar-refractivity contribution in [3.8, 4) is 5.69 Å². The molecule has 1 heterocycles. The lowest BCUT2D eigenvalue weighted by Gasteiger charge is -2.19. The van der Waals surface area contributed by atoms with E-state index in [0.29, 0.717) is 45.6 Å². The number of nitrogens with zero attached hydrogens (tertiary/aromatic N) is 2. The zero-order valence-electron chi connectivity index (χ0n) is 14.5. The highest BCUT2D eigenvalue weighted by atomic mass is 35.5. The average molecular weight is 404 g/mol. The Hall–Kier alpha value is -2.37. The minimum absolute atomic E-state index is 0.0414. The zero-order valence-corrected chi connectivity index (χ0v) is 16.0. The van der Waals surface area contributed by atoms with Gasteiger partial charge in [0.15, 0.2) is 11.6 Å². The first-order chi connectivity index (χ1) is 12.9. The van der Waals surface area contributed by atoms with Crippen LogP contribution in [-0.2, 0) is 6.42 Å². The number of halogens is 3. The summed E-state index contributed by atoms with van der Waals surface area (Å²) in [5.74, 6) is 0.404. The zero-order chi connectivity index (χ0) is 19.1. The molecule has 0 fully saturated rings. The molecule has 0 spiro atoms. The Kier molecular flexibility index (Phi) is 4.66. The Labute approximate surface area is 165 Å². The number of hydrogen-bond acceptors (Lipinski definition) is 3. The molecule has 0 unspecified atom stereocenters. The number of anilines is 2. The highest BCUT2D eigenvalue weighted by molar-refractivity contribution is 6.42. The summed E-state index contributed by atoms with van der Waals surface area (Å²) in [6, 6.07) is 11.2. The molecular formula is C20H16Cl2FN3O. The van der Waals surface area contributed by atoms with Gasteiger partial charge in [-0.25, -0.2) is 9.07 Å². The molecule has 0 bridgehead atoms. The molecule has 7 heteroatoms. The largest absolute Gasteiger partial charge is 0.338 e. The van der Waals surface area contributed by atoms with Gasteiger partial charge in [0, 0.05) is 12.1 Å². The van der Waals surface area contributed by atoms with E-state index in [1.807, 2.05) is 6.92 Å². The molecule has 1 aliphatic rings. The molecule has 2 aromatic carbocycles. The van der Waals surface area contributed by atoms with Crippen molar-refractivity contribution in [3.05, 3.63) is 69.6 Å². The molecule has 1 aromatic heterocycles. The summed E-state index contributed by atoms with van der Waals surface area (Å²) in [6.07, 6.45) is 1.19. The monoisotopic (exact) mass is 403 g/mol. The van der Waals surface area contributed by atoms with Crippen LogP contribution in [0.3, 0.4) is 0 Å². The molecule has 4 nitrogen and oxygen atoms in total. The quantitative estimate of drug-likeness (QED) is 0.598. The van der Waals surface area contributed by atoms with Gasteiger partial charge in [-0.1, -0.05) is 30.1 Å². The molecule has 0 saturated heterocycles. The third-order valence-corrected chi connectivity index (χ3v) is 5.33. The summed E-state index contributed by atoms with van der Waals surface area (Å²) in [5.41, 5.74) is 2.79. The Bertz CT molecular complexity index is 1030. The van der Waals surface area contributed by atoms with Crippen LogP contribution in [0.4, 0.5) is 15.9 Å².